The Labute approximate surface area is 150 Å². The Hall–Kier alpha value is -2.06. The van der Waals surface area contributed by atoms with Crippen LogP contribution in [0.3, 0.4) is 0 Å². The Kier molecular flexibility index (Phi) is 4.51. The van der Waals surface area contributed by atoms with Crippen molar-refractivity contribution in [1.29, 1.82) is 0 Å². The van der Waals surface area contributed by atoms with Crippen LogP contribution in [-0.2, 0) is 10.3 Å². The van der Waals surface area contributed by atoms with Crippen LogP contribution in [0.15, 0.2) is 52.1 Å². The largest absolute Gasteiger partial charge is 0.478 e. The van der Waals surface area contributed by atoms with Gasteiger partial charge in [-0.3, -0.25) is 0 Å². The van der Waals surface area contributed by atoms with Crippen molar-refractivity contribution in [2.45, 2.75) is 12.5 Å². The van der Waals surface area contributed by atoms with Crippen LogP contribution in [0.1, 0.15) is 17.5 Å². The van der Waals surface area contributed by atoms with Crippen LogP contribution < -0.4 is 5.32 Å². The minimum Gasteiger partial charge on any atom is -0.478 e. The summed E-state index contributed by atoms with van der Waals surface area (Å²) in [6.45, 7) is 1.71. The highest BCUT2D eigenvalue weighted by Crippen LogP contribution is 2.38. The highest BCUT2D eigenvalue weighted by atomic mass is 79.9. The number of hydrogen-bond donors (Lipinski definition) is 2. The Balaban J connectivity index is 2.22. The number of amidine groups is 1. The number of benzene rings is 1. The molecule has 1 aromatic heterocycles. The first-order chi connectivity index (χ1) is 11.5. The third kappa shape index (κ3) is 2.87. The number of carboxylic acids is 1. The predicted molar refractivity (Wildman–Crippen MR) is 94.0 cm³/mol. The molecule has 0 bridgehead atoms. The second-order valence-electron chi connectivity index (χ2n) is 5.29. The van der Waals surface area contributed by atoms with E-state index >= 15 is 0 Å². The van der Waals surface area contributed by atoms with Gasteiger partial charge in [-0.15, -0.1) is 11.3 Å². The Morgan fingerprint density at radius 3 is 2.67 bits per heavy atom. The van der Waals surface area contributed by atoms with Crippen LogP contribution in [0.25, 0.3) is 0 Å². The number of hydrogen-bond acceptors (Lipinski definition) is 5. The van der Waals surface area contributed by atoms with Gasteiger partial charge in [-0.25, -0.2) is 19.2 Å². The zero-order valence-corrected chi connectivity index (χ0v) is 15.0. The molecule has 2 N–H and O–H groups in total. The first kappa shape index (κ1) is 16.8. The lowest BCUT2D eigenvalue weighted by Gasteiger charge is -2.33. The van der Waals surface area contributed by atoms with E-state index in [1.54, 1.807) is 25.3 Å². The molecular formula is C16H13BrFN3O2S. The maximum absolute atomic E-state index is 13.3. The van der Waals surface area contributed by atoms with E-state index in [1.165, 1.54) is 23.5 Å². The molecule has 0 aliphatic carbocycles. The second kappa shape index (κ2) is 6.45. The number of halogens is 2. The van der Waals surface area contributed by atoms with Crippen molar-refractivity contribution in [3.05, 3.63) is 63.5 Å². The number of carbonyl (C=O) groups is 1. The van der Waals surface area contributed by atoms with E-state index in [9.17, 15) is 14.3 Å². The van der Waals surface area contributed by atoms with Crippen molar-refractivity contribution in [3.63, 3.8) is 0 Å². The number of allylic oxidation sites excluding steroid dienone is 1. The number of nitrogens with one attached hydrogen (secondary N) is 1. The average molecular weight is 410 g/mol. The van der Waals surface area contributed by atoms with Gasteiger partial charge < -0.3 is 10.4 Å². The molecule has 0 amide bonds. The molecule has 0 saturated heterocycles. The minimum atomic E-state index is -1.16. The number of thiazole rings is 1. The van der Waals surface area contributed by atoms with E-state index in [2.05, 4.69) is 31.2 Å². The van der Waals surface area contributed by atoms with E-state index in [0.717, 1.165) is 0 Å². The van der Waals surface area contributed by atoms with Crippen LogP contribution >= 0.6 is 27.3 Å². The molecule has 1 unspecified atom stereocenters. The number of alkyl halides is 1. The minimum absolute atomic E-state index is 0.117. The van der Waals surface area contributed by atoms with Gasteiger partial charge in [0.15, 0.2) is 10.8 Å². The molecule has 1 atom stereocenters. The van der Waals surface area contributed by atoms with Crippen molar-refractivity contribution >= 4 is 39.1 Å². The fourth-order valence-electron chi connectivity index (χ4n) is 2.67. The summed E-state index contributed by atoms with van der Waals surface area (Å²) in [5, 5.41) is 15.6. The monoisotopic (exact) mass is 409 g/mol. The fraction of sp³-hybridized carbons (Fsp3) is 0.188. The van der Waals surface area contributed by atoms with Crippen LogP contribution in [0, 0.1) is 5.82 Å². The summed E-state index contributed by atoms with van der Waals surface area (Å²) >= 11 is 4.73. The number of rotatable bonds is 4. The zero-order valence-electron chi connectivity index (χ0n) is 12.6. The second-order valence-corrected chi connectivity index (χ2v) is 6.75. The van der Waals surface area contributed by atoms with E-state index in [-0.39, 0.29) is 11.4 Å². The van der Waals surface area contributed by atoms with Crippen molar-refractivity contribution in [2.75, 3.05) is 5.33 Å². The number of aliphatic carboxylic acids is 1. The van der Waals surface area contributed by atoms with Crippen LogP contribution in [-0.4, -0.2) is 27.2 Å². The SMILES string of the molecule is CC1(c2ccc(F)cc2)N=C(c2nccs2)NC(CBr)=C1C(=O)O. The maximum atomic E-state index is 13.3. The number of aromatic nitrogens is 1. The first-order valence-corrected chi connectivity index (χ1v) is 9.01. The molecule has 1 aromatic carbocycles. The van der Waals surface area contributed by atoms with Gasteiger partial charge in [-0.2, -0.15) is 0 Å². The fourth-order valence-corrected chi connectivity index (χ4v) is 3.67. The van der Waals surface area contributed by atoms with Gasteiger partial charge >= 0.3 is 5.97 Å². The summed E-state index contributed by atoms with van der Waals surface area (Å²) in [7, 11) is 0. The summed E-state index contributed by atoms with van der Waals surface area (Å²) in [6.07, 6.45) is 1.66. The standard InChI is InChI=1S/C16H13BrFN3O2S/c1-16(9-2-4-10(18)5-3-9)12(15(22)23)11(8-17)20-13(21-16)14-19-6-7-24-14/h2-7H,8H2,1H3,(H,20,21)(H,22,23). The molecule has 2 heterocycles. The number of aliphatic imine (C=N–C) groups is 1. The number of nitrogens with zero attached hydrogens (tertiary/aromatic N) is 2. The molecule has 0 spiro atoms. The normalized spacial score (nSPS) is 20.5. The smallest absolute Gasteiger partial charge is 0.336 e. The van der Waals surface area contributed by atoms with E-state index in [4.69, 9.17) is 0 Å². The topological polar surface area (TPSA) is 74.6 Å². The summed E-state index contributed by atoms with van der Waals surface area (Å²) in [5.74, 6) is -0.969. The maximum Gasteiger partial charge on any atom is 0.336 e. The number of carboxylic acid groups (broad SMARTS) is 1. The van der Waals surface area contributed by atoms with Crippen molar-refractivity contribution in [3.8, 4) is 0 Å². The molecule has 1 aliphatic heterocycles. The third-order valence-electron chi connectivity index (χ3n) is 3.78. The van der Waals surface area contributed by atoms with Gasteiger partial charge in [0, 0.05) is 22.6 Å². The molecule has 3 rings (SSSR count). The average Bonchev–Trinajstić information content (AvgIpc) is 3.08. The Morgan fingerprint density at radius 1 is 1.42 bits per heavy atom. The van der Waals surface area contributed by atoms with Gasteiger partial charge in [-0.1, -0.05) is 28.1 Å². The van der Waals surface area contributed by atoms with Gasteiger partial charge in [0.05, 0.1) is 5.57 Å². The molecule has 2 aromatic rings. The molecule has 8 heteroatoms. The van der Waals surface area contributed by atoms with E-state index < -0.39 is 11.5 Å². The van der Waals surface area contributed by atoms with Gasteiger partial charge in [-0.05, 0) is 24.6 Å². The molecule has 0 fully saturated rings. The highest BCUT2D eigenvalue weighted by Gasteiger charge is 2.41. The zero-order chi connectivity index (χ0) is 17.3. The molecule has 0 saturated carbocycles. The van der Waals surface area contributed by atoms with Gasteiger partial charge in [0.25, 0.3) is 0 Å². The summed E-state index contributed by atoms with van der Waals surface area (Å²) < 4.78 is 13.3. The lowest BCUT2D eigenvalue weighted by Crippen LogP contribution is -2.41. The van der Waals surface area contributed by atoms with Crippen molar-refractivity contribution < 1.29 is 14.3 Å². The van der Waals surface area contributed by atoms with Gasteiger partial charge in [0.1, 0.15) is 11.4 Å². The van der Waals surface area contributed by atoms with E-state index in [1.807, 2.05) is 5.38 Å². The highest BCUT2D eigenvalue weighted by molar-refractivity contribution is 9.09. The van der Waals surface area contributed by atoms with Gasteiger partial charge in [0.2, 0.25) is 0 Å². The summed E-state index contributed by atoms with van der Waals surface area (Å²) in [5.41, 5.74) is 0.0469. The summed E-state index contributed by atoms with van der Waals surface area (Å²) in [6, 6.07) is 5.71. The summed E-state index contributed by atoms with van der Waals surface area (Å²) in [4.78, 5) is 20.8. The molecule has 0 radical (unpaired) electrons. The molecule has 1 aliphatic rings. The van der Waals surface area contributed by atoms with E-state index in [0.29, 0.717) is 27.4 Å². The van der Waals surface area contributed by atoms with Crippen molar-refractivity contribution in [1.82, 2.24) is 10.3 Å². The third-order valence-corrected chi connectivity index (χ3v) is 5.12. The Bertz CT molecular complexity index is 834. The van der Waals surface area contributed by atoms with Crippen LogP contribution in [0.5, 0.6) is 0 Å². The van der Waals surface area contributed by atoms with Crippen molar-refractivity contribution in [2.24, 2.45) is 4.99 Å². The molecule has 24 heavy (non-hydrogen) atoms. The van der Waals surface area contributed by atoms with Crippen LogP contribution in [0.4, 0.5) is 4.39 Å². The Morgan fingerprint density at radius 2 is 2.12 bits per heavy atom. The predicted octanol–water partition coefficient (Wildman–Crippen LogP) is 3.28. The lowest BCUT2D eigenvalue weighted by atomic mass is 9.82. The van der Waals surface area contributed by atoms with Crippen LogP contribution in [0.2, 0.25) is 0 Å². The quantitative estimate of drug-likeness (QED) is 0.759. The molecule has 5 nitrogen and oxygen atoms in total. The first-order valence-electron chi connectivity index (χ1n) is 7.01. The lowest BCUT2D eigenvalue weighted by molar-refractivity contribution is -0.133. The molecular weight excluding hydrogens is 397 g/mol. The molecule has 124 valence electrons.